The molecule has 1 fully saturated rings. The normalized spacial score (nSPS) is 17.6. The van der Waals surface area contributed by atoms with Crippen molar-refractivity contribution in [3.05, 3.63) is 0 Å². The van der Waals surface area contributed by atoms with Crippen molar-refractivity contribution in [2.24, 2.45) is 5.92 Å². The second kappa shape index (κ2) is 8.37. The zero-order chi connectivity index (χ0) is 13.3. The molecule has 1 aliphatic carbocycles. The summed E-state index contributed by atoms with van der Waals surface area (Å²) in [5, 5.41) is 8.03. The highest BCUT2D eigenvalue weighted by molar-refractivity contribution is 5.57. The summed E-state index contributed by atoms with van der Waals surface area (Å²) in [7, 11) is 0. The highest BCUT2D eigenvalue weighted by Gasteiger charge is 2.14. The van der Waals surface area contributed by atoms with Crippen molar-refractivity contribution >= 4 is 6.16 Å². The van der Waals surface area contributed by atoms with Crippen LogP contribution < -0.4 is 0 Å². The molecule has 102 valence electrons. The lowest BCUT2D eigenvalue weighted by Gasteiger charge is -2.15. The van der Waals surface area contributed by atoms with Crippen LogP contribution in [0.4, 0.5) is 4.79 Å². The van der Waals surface area contributed by atoms with E-state index >= 15 is 0 Å². The van der Waals surface area contributed by atoms with Gasteiger partial charge in [-0.1, -0.05) is 51.9 Å². The summed E-state index contributed by atoms with van der Waals surface area (Å²) in [5.41, 5.74) is -0.578. The Kier molecular flexibility index (Phi) is 8.01. The molecule has 0 atom stereocenters. The van der Waals surface area contributed by atoms with E-state index in [-0.39, 0.29) is 0 Å². The maximum absolute atomic E-state index is 9.79. The smallest absolute Gasteiger partial charge is 0.450 e. The zero-order valence-electron chi connectivity index (χ0n) is 11.8. The second-order valence-corrected chi connectivity index (χ2v) is 5.75. The van der Waals surface area contributed by atoms with Crippen molar-refractivity contribution < 1.29 is 14.6 Å². The van der Waals surface area contributed by atoms with E-state index < -0.39 is 11.8 Å². The molecule has 1 saturated carbocycles. The summed E-state index contributed by atoms with van der Waals surface area (Å²) in [6.07, 6.45) is 9.20. The first-order valence-corrected chi connectivity index (χ1v) is 6.77. The fraction of sp³-hybridized carbons (Fsp3) is 0.929. The fourth-order valence-electron chi connectivity index (χ4n) is 2.03. The minimum atomic E-state index is -1.22. The van der Waals surface area contributed by atoms with Gasteiger partial charge in [-0.05, 0) is 26.7 Å². The van der Waals surface area contributed by atoms with Crippen molar-refractivity contribution in [1.82, 2.24) is 0 Å². The summed E-state index contributed by atoms with van der Waals surface area (Å²) in [6.45, 7) is 7.37. The lowest BCUT2D eigenvalue weighted by atomic mass is 9.98. The molecule has 0 amide bonds. The predicted octanol–water partition coefficient (Wildman–Crippen LogP) is 4.85. The van der Waals surface area contributed by atoms with Crippen molar-refractivity contribution in [2.45, 2.75) is 78.2 Å². The SMILES string of the molecule is CC(C)(C)OC(=O)O.CCC1CCCCCC1. The van der Waals surface area contributed by atoms with Gasteiger partial charge in [-0.3, -0.25) is 0 Å². The first-order valence-electron chi connectivity index (χ1n) is 6.77. The topological polar surface area (TPSA) is 46.5 Å². The van der Waals surface area contributed by atoms with Crippen molar-refractivity contribution in [1.29, 1.82) is 0 Å². The van der Waals surface area contributed by atoms with Crippen LogP contribution in [0.2, 0.25) is 0 Å². The zero-order valence-corrected chi connectivity index (χ0v) is 11.8. The van der Waals surface area contributed by atoms with Gasteiger partial charge < -0.3 is 9.84 Å². The van der Waals surface area contributed by atoms with Gasteiger partial charge in [0.05, 0.1) is 0 Å². The third-order valence-corrected chi connectivity index (χ3v) is 2.95. The van der Waals surface area contributed by atoms with E-state index in [1.165, 1.54) is 44.9 Å². The van der Waals surface area contributed by atoms with Crippen LogP contribution in [0.3, 0.4) is 0 Å². The second-order valence-electron chi connectivity index (χ2n) is 5.75. The van der Waals surface area contributed by atoms with Crippen LogP contribution >= 0.6 is 0 Å². The van der Waals surface area contributed by atoms with Gasteiger partial charge in [0, 0.05) is 0 Å². The van der Waals surface area contributed by atoms with Crippen LogP contribution in [-0.2, 0) is 4.74 Å². The summed E-state index contributed by atoms with van der Waals surface area (Å²) in [5.74, 6) is 1.08. The Morgan fingerprint density at radius 1 is 1.18 bits per heavy atom. The van der Waals surface area contributed by atoms with Gasteiger partial charge >= 0.3 is 6.16 Å². The van der Waals surface area contributed by atoms with E-state index in [0.717, 1.165) is 5.92 Å². The lowest BCUT2D eigenvalue weighted by Crippen LogP contribution is -2.22. The van der Waals surface area contributed by atoms with E-state index in [1.54, 1.807) is 20.8 Å². The Balaban J connectivity index is 0.000000304. The molecule has 1 rings (SSSR count). The third-order valence-electron chi connectivity index (χ3n) is 2.95. The van der Waals surface area contributed by atoms with Crippen LogP contribution in [-0.4, -0.2) is 16.9 Å². The lowest BCUT2D eigenvalue weighted by molar-refractivity contribution is 0.0150. The molecule has 1 aliphatic rings. The molecule has 0 bridgehead atoms. The summed E-state index contributed by atoms with van der Waals surface area (Å²) in [6, 6.07) is 0. The molecule has 0 heterocycles. The summed E-state index contributed by atoms with van der Waals surface area (Å²) >= 11 is 0. The monoisotopic (exact) mass is 244 g/mol. The standard InChI is InChI=1S/C9H18.C5H10O3/c1-2-9-7-5-3-4-6-8-9;1-5(2,3)8-4(6)7/h9H,2-8H2,1H3;1-3H3,(H,6,7). The van der Waals surface area contributed by atoms with Crippen molar-refractivity contribution in [3.8, 4) is 0 Å². The van der Waals surface area contributed by atoms with Crippen molar-refractivity contribution in [3.63, 3.8) is 0 Å². The molecule has 0 aromatic carbocycles. The van der Waals surface area contributed by atoms with Gasteiger partial charge in [0.1, 0.15) is 5.60 Å². The Morgan fingerprint density at radius 3 is 1.88 bits per heavy atom. The number of carbonyl (C=O) groups is 1. The van der Waals surface area contributed by atoms with Crippen molar-refractivity contribution in [2.75, 3.05) is 0 Å². The van der Waals surface area contributed by atoms with Gasteiger partial charge in [-0.2, -0.15) is 0 Å². The van der Waals surface area contributed by atoms with Gasteiger partial charge in [0.15, 0.2) is 0 Å². The molecule has 0 aromatic rings. The van der Waals surface area contributed by atoms with E-state index in [0.29, 0.717) is 0 Å². The number of hydrogen-bond acceptors (Lipinski definition) is 2. The average Bonchev–Trinajstić information content (AvgIpc) is 2.42. The number of rotatable bonds is 1. The quantitative estimate of drug-likeness (QED) is 0.530. The summed E-state index contributed by atoms with van der Waals surface area (Å²) < 4.78 is 4.35. The fourth-order valence-corrected chi connectivity index (χ4v) is 2.03. The predicted molar refractivity (Wildman–Crippen MR) is 70.3 cm³/mol. The first kappa shape index (κ1) is 16.3. The highest BCUT2D eigenvalue weighted by Crippen LogP contribution is 2.24. The summed E-state index contributed by atoms with van der Waals surface area (Å²) in [4.78, 5) is 9.79. The average molecular weight is 244 g/mol. The Bertz CT molecular complexity index is 198. The van der Waals surface area contributed by atoms with E-state index in [2.05, 4.69) is 11.7 Å². The maximum atomic E-state index is 9.79. The molecule has 0 aliphatic heterocycles. The van der Waals surface area contributed by atoms with E-state index in [4.69, 9.17) is 5.11 Å². The van der Waals surface area contributed by atoms with E-state index in [9.17, 15) is 4.79 Å². The van der Waals surface area contributed by atoms with E-state index in [1.807, 2.05) is 0 Å². The molecule has 3 heteroatoms. The molecule has 0 spiro atoms. The van der Waals surface area contributed by atoms with Gasteiger partial charge in [0.25, 0.3) is 0 Å². The highest BCUT2D eigenvalue weighted by atomic mass is 16.7. The Hall–Kier alpha value is -0.730. The number of ether oxygens (including phenoxy) is 1. The van der Waals surface area contributed by atoms with Crippen LogP contribution in [0.1, 0.15) is 72.6 Å². The largest absolute Gasteiger partial charge is 0.506 e. The molecule has 1 N–H and O–H groups in total. The molecule has 0 unspecified atom stereocenters. The van der Waals surface area contributed by atoms with Crippen LogP contribution in [0.25, 0.3) is 0 Å². The number of hydrogen-bond donors (Lipinski definition) is 1. The maximum Gasteiger partial charge on any atom is 0.506 e. The molecular formula is C14H28O3. The minimum absolute atomic E-state index is 0.578. The third kappa shape index (κ3) is 11.5. The molecule has 3 nitrogen and oxygen atoms in total. The molecule has 17 heavy (non-hydrogen) atoms. The number of carboxylic acid groups (broad SMARTS) is 1. The molecule has 0 saturated heterocycles. The molecular weight excluding hydrogens is 216 g/mol. The molecule has 0 radical (unpaired) electrons. The van der Waals surface area contributed by atoms with Crippen LogP contribution in [0, 0.1) is 5.92 Å². The van der Waals surface area contributed by atoms with Gasteiger partial charge in [0.2, 0.25) is 0 Å². The Labute approximate surface area is 106 Å². The first-order chi connectivity index (χ1) is 7.85. The minimum Gasteiger partial charge on any atom is -0.450 e. The van der Waals surface area contributed by atoms with Crippen LogP contribution in [0.5, 0.6) is 0 Å². The van der Waals surface area contributed by atoms with Gasteiger partial charge in [-0.25, -0.2) is 4.79 Å². The van der Waals surface area contributed by atoms with Gasteiger partial charge in [-0.15, -0.1) is 0 Å². The Morgan fingerprint density at radius 2 is 1.65 bits per heavy atom. The molecule has 0 aromatic heterocycles. The van der Waals surface area contributed by atoms with Crippen LogP contribution in [0.15, 0.2) is 0 Å².